The van der Waals surface area contributed by atoms with Crippen LogP contribution < -0.4 is 4.74 Å². The molecule has 0 aromatic heterocycles. The number of ketones is 1. The average molecular weight is 261 g/mol. The molecule has 0 spiro atoms. The Balaban J connectivity index is 2.03. The Morgan fingerprint density at radius 1 is 1.37 bits per heavy atom. The molecule has 0 aliphatic heterocycles. The second kappa shape index (κ2) is 5.43. The maximum atomic E-state index is 11.9. The Morgan fingerprint density at radius 2 is 2.05 bits per heavy atom. The number of benzene rings is 1. The Labute approximate surface area is 113 Å². The Kier molecular flexibility index (Phi) is 3.88. The molecule has 1 aliphatic carbocycles. The molecule has 1 amide bonds. The summed E-state index contributed by atoms with van der Waals surface area (Å²) in [7, 11) is 1.80. The van der Waals surface area contributed by atoms with Crippen molar-refractivity contribution in [3.63, 3.8) is 0 Å². The van der Waals surface area contributed by atoms with Gasteiger partial charge in [-0.25, -0.2) is 0 Å². The second-order valence-electron chi connectivity index (χ2n) is 5.08. The molecule has 1 aliphatic rings. The Bertz CT molecular complexity index is 506. The summed E-state index contributed by atoms with van der Waals surface area (Å²) in [6.07, 6.45) is 2.15. The van der Waals surface area contributed by atoms with Crippen LogP contribution >= 0.6 is 0 Å². The molecule has 0 saturated heterocycles. The zero-order valence-corrected chi connectivity index (χ0v) is 11.6. The molecule has 4 nitrogen and oxygen atoms in total. The van der Waals surface area contributed by atoms with Crippen molar-refractivity contribution in [3.05, 3.63) is 29.3 Å². The van der Waals surface area contributed by atoms with Gasteiger partial charge in [-0.1, -0.05) is 6.07 Å². The van der Waals surface area contributed by atoms with Gasteiger partial charge in [0.05, 0.1) is 5.56 Å². The number of likely N-dealkylation sites (N-methyl/N-ethyl adjacent to an activating group) is 1. The summed E-state index contributed by atoms with van der Waals surface area (Å²) in [6, 6.07) is 5.77. The third kappa shape index (κ3) is 3.34. The lowest BCUT2D eigenvalue weighted by Crippen LogP contribution is -2.33. The first-order valence-electron chi connectivity index (χ1n) is 6.49. The van der Waals surface area contributed by atoms with Gasteiger partial charge in [0.25, 0.3) is 5.91 Å². The number of rotatable bonds is 5. The Morgan fingerprint density at radius 3 is 2.63 bits per heavy atom. The van der Waals surface area contributed by atoms with Crippen LogP contribution in [-0.4, -0.2) is 36.3 Å². The van der Waals surface area contributed by atoms with Gasteiger partial charge in [0.1, 0.15) is 5.75 Å². The van der Waals surface area contributed by atoms with Crippen LogP contribution in [0.25, 0.3) is 0 Å². The largest absolute Gasteiger partial charge is 0.483 e. The molecule has 1 aromatic carbocycles. The van der Waals surface area contributed by atoms with Crippen LogP contribution in [0.3, 0.4) is 0 Å². The first kappa shape index (κ1) is 13.6. The van der Waals surface area contributed by atoms with Crippen molar-refractivity contribution in [1.29, 1.82) is 0 Å². The SMILES string of the molecule is CC(=O)c1ccc(C)cc1OCC(=O)N(C)C1CC1. The standard InChI is InChI=1S/C15H19NO3/c1-10-4-7-13(11(2)17)14(8-10)19-9-15(18)16(3)12-5-6-12/h4,7-8,12H,5-6,9H2,1-3H3. The van der Waals surface area contributed by atoms with Crippen LogP contribution in [0.2, 0.25) is 0 Å². The lowest BCUT2D eigenvalue weighted by atomic mass is 10.1. The number of carbonyl (C=O) groups is 2. The molecule has 1 saturated carbocycles. The number of nitrogens with zero attached hydrogens (tertiary/aromatic N) is 1. The summed E-state index contributed by atoms with van der Waals surface area (Å²) < 4.78 is 5.53. The van der Waals surface area contributed by atoms with Gasteiger partial charge < -0.3 is 9.64 Å². The molecule has 1 aromatic rings. The number of hydrogen-bond acceptors (Lipinski definition) is 3. The van der Waals surface area contributed by atoms with Crippen molar-refractivity contribution in [2.75, 3.05) is 13.7 Å². The minimum absolute atomic E-state index is 0.0171. The zero-order chi connectivity index (χ0) is 14.0. The number of amides is 1. The number of Topliss-reactive ketones (excluding diaryl/α,β-unsaturated/α-hetero) is 1. The molecule has 19 heavy (non-hydrogen) atoms. The predicted octanol–water partition coefficient (Wildman–Crippen LogP) is 2.20. The lowest BCUT2D eigenvalue weighted by molar-refractivity contribution is -0.132. The molecule has 0 atom stereocenters. The molecular formula is C15H19NO3. The van der Waals surface area contributed by atoms with Crippen LogP contribution in [0.5, 0.6) is 5.75 Å². The van der Waals surface area contributed by atoms with Crippen molar-refractivity contribution < 1.29 is 14.3 Å². The summed E-state index contributed by atoms with van der Waals surface area (Å²) in [5.74, 6) is 0.390. The maximum Gasteiger partial charge on any atom is 0.260 e. The third-order valence-corrected chi connectivity index (χ3v) is 3.36. The molecule has 102 valence electrons. The van der Waals surface area contributed by atoms with E-state index in [0.717, 1.165) is 18.4 Å². The van der Waals surface area contributed by atoms with E-state index in [1.165, 1.54) is 6.92 Å². The van der Waals surface area contributed by atoms with Gasteiger partial charge in [0, 0.05) is 13.1 Å². The summed E-state index contributed by atoms with van der Waals surface area (Å²) in [5, 5.41) is 0. The maximum absolute atomic E-state index is 11.9. The highest BCUT2D eigenvalue weighted by molar-refractivity contribution is 5.97. The first-order chi connectivity index (χ1) is 8.99. The fourth-order valence-corrected chi connectivity index (χ4v) is 1.95. The lowest BCUT2D eigenvalue weighted by Gasteiger charge is -2.17. The topological polar surface area (TPSA) is 46.6 Å². The van der Waals surface area contributed by atoms with Crippen LogP contribution in [0, 0.1) is 6.92 Å². The van der Waals surface area contributed by atoms with Crippen LogP contribution in [0.4, 0.5) is 0 Å². The van der Waals surface area contributed by atoms with E-state index in [1.54, 1.807) is 24.1 Å². The minimum Gasteiger partial charge on any atom is -0.483 e. The van der Waals surface area contributed by atoms with E-state index in [1.807, 2.05) is 13.0 Å². The van der Waals surface area contributed by atoms with Gasteiger partial charge in [-0.15, -0.1) is 0 Å². The summed E-state index contributed by atoms with van der Waals surface area (Å²) in [5.41, 5.74) is 1.52. The van der Waals surface area contributed by atoms with Gasteiger partial charge in [0.2, 0.25) is 0 Å². The van der Waals surface area contributed by atoms with E-state index in [9.17, 15) is 9.59 Å². The molecule has 0 N–H and O–H groups in total. The average Bonchev–Trinajstić information content (AvgIpc) is 3.18. The fourth-order valence-electron chi connectivity index (χ4n) is 1.95. The molecule has 0 radical (unpaired) electrons. The summed E-state index contributed by atoms with van der Waals surface area (Å²) >= 11 is 0. The molecule has 4 heteroatoms. The predicted molar refractivity (Wildman–Crippen MR) is 72.5 cm³/mol. The van der Waals surface area contributed by atoms with E-state index in [-0.39, 0.29) is 18.3 Å². The van der Waals surface area contributed by atoms with E-state index in [0.29, 0.717) is 17.4 Å². The number of ether oxygens (including phenoxy) is 1. The van der Waals surface area contributed by atoms with Crippen molar-refractivity contribution in [3.8, 4) is 5.75 Å². The van der Waals surface area contributed by atoms with Gasteiger partial charge in [0.15, 0.2) is 12.4 Å². The highest BCUT2D eigenvalue weighted by atomic mass is 16.5. The van der Waals surface area contributed by atoms with E-state index >= 15 is 0 Å². The molecule has 0 bridgehead atoms. The normalized spacial score (nSPS) is 14.1. The van der Waals surface area contributed by atoms with Crippen molar-refractivity contribution in [2.45, 2.75) is 32.7 Å². The molecular weight excluding hydrogens is 242 g/mol. The minimum atomic E-state index is -0.0574. The number of hydrogen-bond donors (Lipinski definition) is 0. The van der Waals surface area contributed by atoms with Crippen LogP contribution in [0.15, 0.2) is 18.2 Å². The van der Waals surface area contributed by atoms with Gasteiger partial charge in [-0.3, -0.25) is 9.59 Å². The van der Waals surface area contributed by atoms with Crippen molar-refractivity contribution in [2.24, 2.45) is 0 Å². The van der Waals surface area contributed by atoms with Gasteiger partial charge in [-0.05, 0) is 44.4 Å². The zero-order valence-electron chi connectivity index (χ0n) is 11.6. The fraction of sp³-hybridized carbons (Fsp3) is 0.467. The number of carbonyl (C=O) groups excluding carboxylic acids is 2. The van der Waals surface area contributed by atoms with E-state index in [4.69, 9.17) is 4.74 Å². The molecule has 0 unspecified atom stereocenters. The monoisotopic (exact) mass is 261 g/mol. The van der Waals surface area contributed by atoms with Crippen LogP contribution in [-0.2, 0) is 4.79 Å². The highest BCUT2D eigenvalue weighted by Crippen LogP contribution is 2.26. The van der Waals surface area contributed by atoms with E-state index < -0.39 is 0 Å². The second-order valence-corrected chi connectivity index (χ2v) is 5.08. The summed E-state index contributed by atoms with van der Waals surface area (Å²) in [4.78, 5) is 25.1. The summed E-state index contributed by atoms with van der Waals surface area (Å²) in [6.45, 7) is 3.40. The van der Waals surface area contributed by atoms with Crippen LogP contribution in [0.1, 0.15) is 35.7 Å². The van der Waals surface area contributed by atoms with Gasteiger partial charge in [-0.2, -0.15) is 0 Å². The smallest absolute Gasteiger partial charge is 0.260 e. The van der Waals surface area contributed by atoms with Crippen molar-refractivity contribution >= 4 is 11.7 Å². The Hall–Kier alpha value is -1.84. The molecule has 1 fully saturated rings. The molecule has 2 rings (SSSR count). The molecule has 0 heterocycles. The third-order valence-electron chi connectivity index (χ3n) is 3.36. The number of aryl methyl sites for hydroxylation is 1. The van der Waals surface area contributed by atoms with Crippen molar-refractivity contribution in [1.82, 2.24) is 4.90 Å². The van der Waals surface area contributed by atoms with E-state index in [2.05, 4.69) is 0 Å². The van der Waals surface area contributed by atoms with Gasteiger partial charge >= 0.3 is 0 Å². The highest BCUT2D eigenvalue weighted by Gasteiger charge is 2.29. The first-order valence-corrected chi connectivity index (χ1v) is 6.49. The quantitative estimate of drug-likeness (QED) is 0.763.